The summed E-state index contributed by atoms with van der Waals surface area (Å²) in [5.74, 6) is 0.309. The lowest BCUT2D eigenvalue weighted by molar-refractivity contribution is -0.384. The maximum Gasteiger partial charge on any atom is 0.277 e. The lowest BCUT2D eigenvalue weighted by atomic mass is 9.98. The molecule has 1 amide bonds. The van der Waals surface area contributed by atoms with E-state index in [0.717, 1.165) is 11.8 Å². The van der Waals surface area contributed by atoms with Crippen molar-refractivity contribution in [3.63, 3.8) is 0 Å². The number of rotatable bonds is 8. The van der Waals surface area contributed by atoms with Crippen molar-refractivity contribution in [1.82, 2.24) is 10.2 Å². The molecule has 2 atom stereocenters. The summed E-state index contributed by atoms with van der Waals surface area (Å²) in [7, 11) is 0. The highest BCUT2D eigenvalue weighted by molar-refractivity contribution is 8.00. The molecule has 1 heterocycles. The number of carbonyl (C=O) groups excluding carboxylic acids is 1. The molecule has 0 fully saturated rings. The Morgan fingerprint density at radius 2 is 1.97 bits per heavy atom. The highest BCUT2D eigenvalue weighted by Crippen LogP contribution is 2.29. The zero-order chi connectivity index (χ0) is 21.7. The summed E-state index contributed by atoms with van der Waals surface area (Å²) in [6.45, 7) is 3.74. The molecule has 30 heavy (non-hydrogen) atoms. The minimum Gasteiger partial charge on any atom is -0.416 e. The zero-order valence-electron chi connectivity index (χ0n) is 16.2. The molecular weight excluding hydrogens is 428 g/mol. The summed E-state index contributed by atoms with van der Waals surface area (Å²) in [6, 6.07) is 13.9. The first kappa shape index (κ1) is 21.8. The van der Waals surface area contributed by atoms with E-state index in [1.54, 1.807) is 6.92 Å². The Morgan fingerprint density at radius 1 is 1.23 bits per heavy atom. The lowest BCUT2D eigenvalue weighted by Crippen LogP contribution is -2.22. The van der Waals surface area contributed by atoms with Crippen molar-refractivity contribution in [3.8, 4) is 0 Å². The maximum atomic E-state index is 12.5. The number of aromatic nitrogens is 2. The van der Waals surface area contributed by atoms with E-state index in [-0.39, 0.29) is 33.4 Å². The fraction of sp³-hybridized carbons (Fsp3) is 0.250. The molecule has 1 N–H and O–H groups in total. The van der Waals surface area contributed by atoms with Crippen molar-refractivity contribution in [2.75, 3.05) is 5.32 Å². The predicted molar refractivity (Wildman–Crippen MR) is 115 cm³/mol. The van der Waals surface area contributed by atoms with Gasteiger partial charge in [-0.15, -0.1) is 10.2 Å². The molecule has 0 aliphatic carbocycles. The summed E-state index contributed by atoms with van der Waals surface area (Å²) in [5, 5.41) is 21.5. The number of hydrogen-bond acceptors (Lipinski definition) is 7. The number of benzene rings is 2. The Balaban J connectivity index is 1.60. The number of nitro benzene ring substituents is 1. The maximum absolute atomic E-state index is 12.5. The number of amides is 1. The van der Waals surface area contributed by atoms with Crippen LogP contribution in [0.25, 0.3) is 0 Å². The van der Waals surface area contributed by atoms with Gasteiger partial charge in [-0.3, -0.25) is 14.9 Å². The average Bonchev–Trinajstić information content (AvgIpc) is 3.16. The minimum absolute atomic E-state index is 0.163. The molecule has 0 radical (unpaired) electrons. The average molecular weight is 447 g/mol. The normalized spacial score (nSPS) is 12.9. The first-order chi connectivity index (χ1) is 14.3. The summed E-state index contributed by atoms with van der Waals surface area (Å²) in [6.07, 6.45) is 0.585. The molecule has 0 saturated heterocycles. The summed E-state index contributed by atoms with van der Waals surface area (Å²) in [5.41, 5.74) is 1.18. The van der Waals surface area contributed by atoms with Crippen molar-refractivity contribution in [2.45, 2.75) is 36.7 Å². The van der Waals surface area contributed by atoms with Crippen LogP contribution >= 0.6 is 23.4 Å². The highest BCUT2D eigenvalue weighted by atomic mass is 35.5. The number of thioether (sulfide) groups is 1. The third kappa shape index (κ3) is 5.58. The monoisotopic (exact) mass is 446 g/mol. The van der Waals surface area contributed by atoms with Crippen LogP contribution in [0, 0.1) is 10.1 Å². The molecule has 0 aliphatic rings. The molecule has 3 rings (SSSR count). The Bertz CT molecular complexity index is 1040. The number of carbonyl (C=O) groups is 1. The topological polar surface area (TPSA) is 111 Å². The molecule has 0 saturated carbocycles. The summed E-state index contributed by atoms with van der Waals surface area (Å²) in [4.78, 5) is 22.8. The smallest absolute Gasteiger partial charge is 0.277 e. The van der Waals surface area contributed by atoms with Gasteiger partial charge in [-0.1, -0.05) is 60.6 Å². The zero-order valence-corrected chi connectivity index (χ0v) is 17.8. The van der Waals surface area contributed by atoms with Crippen molar-refractivity contribution in [1.29, 1.82) is 0 Å². The van der Waals surface area contributed by atoms with E-state index in [0.29, 0.717) is 12.3 Å². The van der Waals surface area contributed by atoms with Gasteiger partial charge in [0.1, 0.15) is 0 Å². The molecule has 156 valence electrons. The van der Waals surface area contributed by atoms with Crippen LogP contribution in [-0.2, 0) is 11.2 Å². The molecule has 0 aliphatic heterocycles. The molecule has 1 aromatic heterocycles. The van der Waals surface area contributed by atoms with Gasteiger partial charge < -0.3 is 9.73 Å². The van der Waals surface area contributed by atoms with Crippen LogP contribution in [0.5, 0.6) is 0 Å². The van der Waals surface area contributed by atoms with Gasteiger partial charge in [-0.05, 0) is 24.5 Å². The van der Waals surface area contributed by atoms with Crippen LogP contribution < -0.4 is 5.32 Å². The van der Waals surface area contributed by atoms with Gasteiger partial charge in [0.2, 0.25) is 11.8 Å². The number of hydrogen-bond donors (Lipinski definition) is 1. The summed E-state index contributed by atoms with van der Waals surface area (Å²) >= 11 is 7.13. The van der Waals surface area contributed by atoms with Gasteiger partial charge in [0, 0.05) is 18.6 Å². The first-order valence-corrected chi connectivity index (χ1v) is 10.4. The van der Waals surface area contributed by atoms with E-state index < -0.39 is 10.2 Å². The van der Waals surface area contributed by atoms with Crippen LogP contribution in [0.1, 0.15) is 31.2 Å². The number of nitrogens with zero attached hydrogens (tertiary/aromatic N) is 3. The van der Waals surface area contributed by atoms with Gasteiger partial charge in [0.25, 0.3) is 10.9 Å². The Kier molecular flexibility index (Phi) is 7.07. The van der Waals surface area contributed by atoms with Gasteiger partial charge in [-0.2, -0.15) is 0 Å². The second kappa shape index (κ2) is 9.73. The fourth-order valence-electron chi connectivity index (χ4n) is 2.69. The van der Waals surface area contributed by atoms with Gasteiger partial charge in [0.15, 0.2) is 0 Å². The van der Waals surface area contributed by atoms with Crippen molar-refractivity contribution < 1.29 is 14.1 Å². The lowest BCUT2D eigenvalue weighted by Gasteiger charge is -2.11. The first-order valence-electron chi connectivity index (χ1n) is 9.12. The van der Waals surface area contributed by atoms with Crippen LogP contribution in [0.3, 0.4) is 0 Å². The third-order valence-electron chi connectivity index (χ3n) is 4.36. The van der Waals surface area contributed by atoms with E-state index in [4.69, 9.17) is 16.0 Å². The second-order valence-electron chi connectivity index (χ2n) is 6.65. The Labute approximate surface area is 182 Å². The predicted octanol–water partition coefficient (Wildman–Crippen LogP) is 5.10. The molecular formula is C20H19ClN4O4S. The quantitative estimate of drug-likeness (QED) is 0.291. The molecule has 10 heteroatoms. The molecule has 8 nitrogen and oxygen atoms in total. The van der Waals surface area contributed by atoms with Gasteiger partial charge in [0.05, 0.1) is 20.9 Å². The minimum atomic E-state index is -0.583. The Morgan fingerprint density at radius 3 is 2.67 bits per heavy atom. The van der Waals surface area contributed by atoms with Gasteiger partial charge in [-0.25, -0.2) is 0 Å². The van der Waals surface area contributed by atoms with Crippen molar-refractivity contribution in [2.24, 2.45) is 0 Å². The standard InChI is InChI=1S/C20H19ClN4O4S/c1-12(14-6-4-3-5-7-14)10-18-23-24-20(29-18)30-13(2)19(26)22-17-11-15(25(27)28)8-9-16(17)21/h3-9,11-13H,10H2,1-2H3,(H,22,26). The number of anilines is 1. The summed E-state index contributed by atoms with van der Waals surface area (Å²) < 4.78 is 5.67. The van der Waals surface area contributed by atoms with E-state index >= 15 is 0 Å². The molecule has 2 unspecified atom stereocenters. The largest absolute Gasteiger partial charge is 0.416 e. The number of nitro groups is 1. The van der Waals surface area contributed by atoms with Crippen LogP contribution in [-0.4, -0.2) is 26.3 Å². The third-order valence-corrected chi connectivity index (χ3v) is 5.63. The van der Waals surface area contributed by atoms with Crippen LogP contribution in [0.2, 0.25) is 5.02 Å². The molecule has 0 spiro atoms. The molecule has 0 bridgehead atoms. The van der Waals surface area contributed by atoms with E-state index in [1.165, 1.54) is 23.8 Å². The molecule has 2 aromatic carbocycles. The highest BCUT2D eigenvalue weighted by Gasteiger charge is 2.21. The Hall–Kier alpha value is -2.91. The van der Waals surface area contributed by atoms with E-state index in [1.807, 2.05) is 30.3 Å². The number of halogens is 1. The van der Waals surface area contributed by atoms with E-state index in [2.05, 4.69) is 22.4 Å². The number of nitrogens with one attached hydrogen (secondary N) is 1. The van der Waals surface area contributed by atoms with Crippen molar-refractivity contribution >= 4 is 40.6 Å². The van der Waals surface area contributed by atoms with E-state index in [9.17, 15) is 14.9 Å². The SMILES string of the molecule is CC(Sc1nnc(CC(C)c2ccccc2)o1)C(=O)Nc1cc([N+](=O)[O-])ccc1Cl. The van der Waals surface area contributed by atoms with Crippen LogP contribution in [0.15, 0.2) is 58.2 Å². The second-order valence-corrected chi connectivity index (χ2v) is 8.35. The number of non-ortho nitro benzene ring substituents is 1. The fourth-order valence-corrected chi connectivity index (χ4v) is 3.56. The molecule has 3 aromatic rings. The van der Waals surface area contributed by atoms with Crippen molar-refractivity contribution in [3.05, 3.63) is 75.1 Å². The van der Waals surface area contributed by atoms with Gasteiger partial charge >= 0.3 is 0 Å². The van der Waals surface area contributed by atoms with Crippen LogP contribution in [0.4, 0.5) is 11.4 Å².